The summed E-state index contributed by atoms with van der Waals surface area (Å²) in [5.74, 6) is 0.614. The van der Waals surface area contributed by atoms with Crippen molar-refractivity contribution in [3.63, 3.8) is 0 Å². The van der Waals surface area contributed by atoms with Gasteiger partial charge >= 0.3 is 24.6 Å². The fourth-order valence-electron chi connectivity index (χ4n) is 2.34. The Kier molecular flexibility index (Phi) is 9.63. The molecule has 1 aliphatic carbocycles. The Morgan fingerprint density at radius 3 is 1.46 bits per heavy atom. The molecule has 26 heavy (non-hydrogen) atoms. The number of carboxylic acid groups (broad SMARTS) is 3. The van der Waals surface area contributed by atoms with Crippen LogP contribution < -0.4 is 0 Å². The van der Waals surface area contributed by atoms with Gasteiger partial charge in [-0.1, -0.05) is 20.8 Å². The molecule has 1 saturated carbocycles. The number of carbonyl (C=O) groups is 4. The summed E-state index contributed by atoms with van der Waals surface area (Å²) in [5, 5.41) is 23.2. The maximum absolute atomic E-state index is 11.1. The second kappa shape index (κ2) is 10.8. The summed E-state index contributed by atoms with van der Waals surface area (Å²) in [6.45, 7) is 6.61. The lowest BCUT2D eigenvalue weighted by Crippen LogP contribution is -2.30. The Bertz CT molecular complexity index is 473. The minimum absolute atomic E-state index is 0.214. The molecule has 12 heteroatoms. The molecular formula is C14H22O12. The van der Waals surface area contributed by atoms with E-state index in [1.807, 2.05) is 0 Å². The zero-order chi connectivity index (χ0) is 20.3. The fraction of sp³-hybridized carbons (Fsp3) is 0.714. The van der Waals surface area contributed by atoms with Crippen molar-refractivity contribution in [2.24, 2.45) is 11.3 Å². The van der Waals surface area contributed by atoms with Gasteiger partial charge < -0.3 is 20.1 Å². The van der Waals surface area contributed by atoms with Crippen molar-refractivity contribution in [2.45, 2.75) is 52.6 Å². The molecule has 0 aromatic carbocycles. The van der Waals surface area contributed by atoms with E-state index < -0.39 is 24.6 Å². The summed E-state index contributed by atoms with van der Waals surface area (Å²) >= 11 is 0. The summed E-state index contributed by atoms with van der Waals surface area (Å²) in [4.78, 5) is 53.5. The normalized spacial score (nSPS) is 19.0. The van der Waals surface area contributed by atoms with E-state index >= 15 is 0 Å². The molecule has 12 nitrogen and oxygen atoms in total. The zero-order valence-electron chi connectivity index (χ0n) is 14.5. The minimum atomic E-state index is -1.80. The predicted molar refractivity (Wildman–Crippen MR) is 80.1 cm³/mol. The first-order valence-corrected chi connectivity index (χ1v) is 7.50. The van der Waals surface area contributed by atoms with Crippen LogP contribution in [0, 0.1) is 11.3 Å². The first-order valence-electron chi connectivity index (χ1n) is 7.50. The average molecular weight is 382 g/mol. The molecule has 0 aliphatic heterocycles. The summed E-state index contributed by atoms with van der Waals surface area (Å²) in [7, 11) is 0. The maximum atomic E-state index is 11.1. The highest BCUT2D eigenvalue weighted by Gasteiger charge is 2.31. The standard InChI is InChI=1S/C12H20O6.C2H2O6/c1-12(2,3)8-4-6-9(7-5-8)16-11(15)18-17-10(13)14;3-1(4)7-8-2(5)6/h8-9H,4-7H2,1-3H3,(H,13,14);(H,3,4)(H,5,6). The molecule has 0 aromatic heterocycles. The summed E-state index contributed by atoms with van der Waals surface area (Å²) in [6, 6.07) is 0. The van der Waals surface area contributed by atoms with Crippen LogP contribution in [-0.4, -0.2) is 46.0 Å². The van der Waals surface area contributed by atoms with Crippen molar-refractivity contribution in [3.05, 3.63) is 0 Å². The fourth-order valence-corrected chi connectivity index (χ4v) is 2.34. The van der Waals surface area contributed by atoms with Crippen LogP contribution in [0.1, 0.15) is 46.5 Å². The molecule has 0 radical (unpaired) electrons. The lowest BCUT2D eigenvalue weighted by Gasteiger charge is -2.36. The molecule has 0 bridgehead atoms. The van der Waals surface area contributed by atoms with E-state index in [0.29, 0.717) is 5.92 Å². The Balaban J connectivity index is 0.000000660. The van der Waals surface area contributed by atoms with Gasteiger partial charge in [-0.15, -0.1) is 0 Å². The van der Waals surface area contributed by atoms with Crippen LogP contribution in [0.2, 0.25) is 0 Å². The first-order chi connectivity index (χ1) is 11.9. The van der Waals surface area contributed by atoms with Crippen LogP contribution in [0.5, 0.6) is 0 Å². The SMILES string of the molecule is CC(C)(C)C1CCC(OC(=O)OOC(=O)O)CC1.O=C(O)OOC(=O)O. The summed E-state index contributed by atoms with van der Waals surface area (Å²) < 4.78 is 4.95. The van der Waals surface area contributed by atoms with Crippen LogP contribution in [0.4, 0.5) is 19.2 Å². The molecule has 150 valence electrons. The quantitative estimate of drug-likeness (QED) is 0.341. The van der Waals surface area contributed by atoms with Crippen molar-refractivity contribution >= 4 is 24.6 Å². The molecule has 1 rings (SSSR count). The van der Waals surface area contributed by atoms with Crippen molar-refractivity contribution < 1.29 is 58.8 Å². The largest absolute Gasteiger partial charge is 0.550 e. The van der Waals surface area contributed by atoms with E-state index in [4.69, 9.17) is 20.1 Å². The van der Waals surface area contributed by atoms with Crippen LogP contribution in [0.15, 0.2) is 0 Å². The lowest BCUT2D eigenvalue weighted by atomic mass is 9.72. The van der Waals surface area contributed by atoms with Crippen molar-refractivity contribution in [1.82, 2.24) is 0 Å². The lowest BCUT2D eigenvalue weighted by molar-refractivity contribution is -0.218. The van der Waals surface area contributed by atoms with Crippen molar-refractivity contribution in [1.29, 1.82) is 0 Å². The summed E-state index contributed by atoms with van der Waals surface area (Å²) in [6.07, 6.45) is -3.08. The van der Waals surface area contributed by atoms with Crippen LogP contribution in [-0.2, 0) is 24.3 Å². The highest BCUT2D eigenvalue weighted by Crippen LogP contribution is 2.38. The Morgan fingerprint density at radius 1 is 0.731 bits per heavy atom. The van der Waals surface area contributed by atoms with Gasteiger partial charge in [-0.05, 0) is 37.0 Å². The first kappa shape index (κ1) is 23.1. The van der Waals surface area contributed by atoms with Gasteiger partial charge in [0.15, 0.2) is 0 Å². The third-order valence-corrected chi connectivity index (χ3v) is 3.53. The van der Waals surface area contributed by atoms with Gasteiger partial charge in [0.2, 0.25) is 0 Å². The zero-order valence-corrected chi connectivity index (χ0v) is 14.5. The van der Waals surface area contributed by atoms with Gasteiger partial charge in [-0.2, -0.15) is 9.68 Å². The van der Waals surface area contributed by atoms with E-state index in [1.54, 1.807) is 0 Å². The van der Waals surface area contributed by atoms with Crippen LogP contribution in [0.25, 0.3) is 0 Å². The molecule has 0 heterocycles. The Labute approximate surface area is 148 Å². The number of hydrogen-bond donors (Lipinski definition) is 3. The number of hydrogen-bond acceptors (Lipinski definition) is 9. The van der Waals surface area contributed by atoms with Crippen LogP contribution in [0.3, 0.4) is 0 Å². The topological polar surface area (TPSA) is 175 Å². The second-order valence-electron chi connectivity index (χ2n) is 6.34. The number of carbonyl (C=O) groups excluding carboxylic acids is 1. The number of ether oxygens (including phenoxy) is 1. The predicted octanol–water partition coefficient (Wildman–Crippen LogP) is 3.64. The molecular weight excluding hydrogens is 360 g/mol. The highest BCUT2D eigenvalue weighted by atomic mass is 17.3. The minimum Gasteiger partial charge on any atom is -0.447 e. The van der Waals surface area contributed by atoms with Crippen molar-refractivity contribution in [3.8, 4) is 0 Å². The third-order valence-electron chi connectivity index (χ3n) is 3.53. The van der Waals surface area contributed by atoms with Gasteiger partial charge in [0.25, 0.3) is 0 Å². The Hall–Kier alpha value is -2.92. The van der Waals surface area contributed by atoms with Crippen LogP contribution >= 0.6 is 0 Å². The maximum Gasteiger partial charge on any atom is 0.550 e. The monoisotopic (exact) mass is 382 g/mol. The molecule has 0 atom stereocenters. The molecule has 0 spiro atoms. The second-order valence-corrected chi connectivity index (χ2v) is 6.34. The van der Waals surface area contributed by atoms with E-state index in [1.165, 1.54) is 0 Å². The molecule has 0 amide bonds. The molecule has 3 N–H and O–H groups in total. The number of rotatable bonds is 1. The highest BCUT2D eigenvalue weighted by molar-refractivity contribution is 5.62. The van der Waals surface area contributed by atoms with E-state index in [2.05, 4.69) is 40.3 Å². The van der Waals surface area contributed by atoms with E-state index in [9.17, 15) is 19.2 Å². The van der Waals surface area contributed by atoms with Gasteiger partial charge in [-0.3, -0.25) is 0 Å². The van der Waals surface area contributed by atoms with Gasteiger partial charge in [0.1, 0.15) is 6.10 Å². The average Bonchev–Trinajstić information content (AvgIpc) is 2.51. The van der Waals surface area contributed by atoms with Gasteiger partial charge in [0, 0.05) is 0 Å². The molecule has 0 unspecified atom stereocenters. The molecule has 1 aliphatic rings. The van der Waals surface area contributed by atoms with Crippen molar-refractivity contribution in [2.75, 3.05) is 0 Å². The van der Waals surface area contributed by atoms with E-state index in [-0.39, 0.29) is 11.5 Å². The smallest absolute Gasteiger partial charge is 0.447 e. The molecule has 0 saturated heterocycles. The molecule has 1 fully saturated rings. The van der Waals surface area contributed by atoms with Gasteiger partial charge in [-0.25, -0.2) is 29.0 Å². The Morgan fingerprint density at radius 2 is 1.12 bits per heavy atom. The summed E-state index contributed by atoms with van der Waals surface area (Å²) in [5.41, 5.74) is 0.262. The third kappa shape index (κ3) is 11.6. The van der Waals surface area contributed by atoms with Gasteiger partial charge in [0.05, 0.1) is 0 Å². The van der Waals surface area contributed by atoms with E-state index in [0.717, 1.165) is 25.7 Å². The molecule has 0 aromatic rings.